The van der Waals surface area contributed by atoms with Crippen molar-refractivity contribution in [3.8, 4) is 11.6 Å². The molecule has 0 bridgehead atoms. The molecule has 112 valence electrons. The van der Waals surface area contributed by atoms with Crippen LogP contribution in [0.3, 0.4) is 0 Å². The van der Waals surface area contributed by atoms with E-state index < -0.39 is 0 Å². The van der Waals surface area contributed by atoms with E-state index in [1.54, 1.807) is 42.9 Å². The summed E-state index contributed by atoms with van der Waals surface area (Å²) in [6.07, 6.45) is 6.70. The third-order valence-corrected chi connectivity index (χ3v) is 2.88. The molecule has 0 aliphatic rings. The van der Waals surface area contributed by atoms with Crippen molar-refractivity contribution in [2.45, 2.75) is 6.42 Å². The number of furan rings is 2. The number of aromatic amines is 1. The summed E-state index contributed by atoms with van der Waals surface area (Å²) in [7, 11) is 0. The second-order valence-electron chi connectivity index (χ2n) is 4.47. The summed E-state index contributed by atoms with van der Waals surface area (Å²) in [6.45, 7) is 0.452. The molecule has 0 fully saturated rings. The van der Waals surface area contributed by atoms with Gasteiger partial charge in [0.2, 0.25) is 11.7 Å². The van der Waals surface area contributed by atoms with E-state index in [0.717, 1.165) is 0 Å². The fourth-order valence-corrected chi connectivity index (χ4v) is 1.83. The average Bonchev–Trinajstić information content (AvgIpc) is 3.26. The van der Waals surface area contributed by atoms with Crippen LogP contribution >= 0.6 is 0 Å². The Kier molecular flexibility index (Phi) is 4.15. The number of rotatable bonds is 6. The Labute approximate surface area is 126 Å². The van der Waals surface area contributed by atoms with Crippen molar-refractivity contribution in [2.75, 3.05) is 6.54 Å². The Balaban J connectivity index is 1.46. The van der Waals surface area contributed by atoms with E-state index in [4.69, 9.17) is 8.83 Å². The van der Waals surface area contributed by atoms with Gasteiger partial charge in [0.25, 0.3) is 0 Å². The van der Waals surface area contributed by atoms with Crippen molar-refractivity contribution in [2.24, 2.45) is 0 Å². The molecule has 3 rings (SSSR count). The predicted molar refractivity (Wildman–Crippen MR) is 78.5 cm³/mol. The molecule has 7 heteroatoms. The van der Waals surface area contributed by atoms with Crippen LogP contribution < -0.4 is 5.32 Å². The summed E-state index contributed by atoms with van der Waals surface area (Å²) in [6, 6.07) is 7.09. The number of amides is 1. The van der Waals surface area contributed by atoms with Gasteiger partial charge in [-0.2, -0.15) is 5.10 Å². The Morgan fingerprint density at radius 1 is 1.27 bits per heavy atom. The van der Waals surface area contributed by atoms with Crippen LogP contribution in [-0.4, -0.2) is 27.6 Å². The summed E-state index contributed by atoms with van der Waals surface area (Å²) in [5.74, 6) is 2.23. The number of aromatic nitrogens is 3. The lowest BCUT2D eigenvalue weighted by Gasteiger charge is -1.98. The zero-order chi connectivity index (χ0) is 15.2. The van der Waals surface area contributed by atoms with Crippen molar-refractivity contribution in [1.82, 2.24) is 20.5 Å². The minimum Gasteiger partial charge on any atom is -0.465 e. The third kappa shape index (κ3) is 3.51. The number of carbonyl (C=O) groups is 1. The first-order chi connectivity index (χ1) is 10.8. The van der Waals surface area contributed by atoms with Gasteiger partial charge >= 0.3 is 0 Å². The van der Waals surface area contributed by atoms with Crippen molar-refractivity contribution < 1.29 is 13.6 Å². The fourth-order valence-electron chi connectivity index (χ4n) is 1.83. The molecule has 0 aromatic carbocycles. The second-order valence-corrected chi connectivity index (χ2v) is 4.47. The van der Waals surface area contributed by atoms with Crippen LogP contribution in [0.25, 0.3) is 17.7 Å². The topological polar surface area (TPSA) is 97.0 Å². The fraction of sp³-hybridized carbons (Fsp3) is 0.133. The third-order valence-electron chi connectivity index (χ3n) is 2.88. The summed E-state index contributed by atoms with van der Waals surface area (Å²) < 4.78 is 10.3. The first-order valence-electron chi connectivity index (χ1n) is 6.76. The van der Waals surface area contributed by atoms with Gasteiger partial charge in [0, 0.05) is 19.0 Å². The highest BCUT2D eigenvalue weighted by Crippen LogP contribution is 2.14. The molecule has 3 aromatic rings. The molecule has 3 aromatic heterocycles. The van der Waals surface area contributed by atoms with Crippen LogP contribution in [-0.2, 0) is 11.2 Å². The Morgan fingerprint density at radius 3 is 2.91 bits per heavy atom. The Bertz CT molecular complexity index is 742. The minimum atomic E-state index is -0.192. The minimum absolute atomic E-state index is 0.192. The smallest absolute Gasteiger partial charge is 0.244 e. The maximum Gasteiger partial charge on any atom is 0.244 e. The van der Waals surface area contributed by atoms with Crippen molar-refractivity contribution in [1.29, 1.82) is 0 Å². The van der Waals surface area contributed by atoms with Gasteiger partial charge in [-0.3, -0.25) is 9.89 Å². The van der Waals surface area contributed by atoms with Gasteiger partial charge in [-0.1, -0.05) is 0 Å². The second kappa shape index (κ2) is 6.57. The predicted octanol–water partition coefficient (Wildman–Crippen LogP) is 2.03. The summed E-state index contributed by atoms with van der Waals surface area (Å²) in [5.41, 5.74) is 0. The zero-order valence-electron chi connectivity index (χ0n) is 11.7. The van der Waals surface area contributed by atoms with E-state index in [0.29, 0.717) is 36.1 Å². The molecule has 0 aliphatic carbocycles. The molecule has 22 heavy (non-hydrogen) atoms. The number of nitrogens with one attached hydrogen (secondary N) is 2. The van der Waals surface area contributed by atoms with Gasteiger partial charge in [0.05, 0.1) is 12.5 Å². The quantitative estimate of drug-likeness (QED) is 0.679. The van der Waals surface area contributed by atoms with Crippen molar-refractivity contribution in [3.05, 3.63) is 54.5 Å². The molecule has 0 aliphatic heterocycles. The summed E-state index contributed by atoms with van der Waals surface area (Å²) >= 11 is 0. The lowest BCUT2D eigenvalue weighted by Crippen LogP contribution is -2.23. The van der Waals surface area contributed by atoms with E-state index in [2.05, 4.69) is 20.5 Å². The first kappa shape index (κ1) is 13.9. The molecule has 0 unspecified atom stereocenters. The largest absolute Gasteiger partial charge is 0.465 e. The Hall–Kier alpha value is -3.09. The molecular weight excluding hydrogens is 284 g/mol. The SMILES string of the molecule is O=C(/C=C\c1ccco1)NCCc1nc(-c2ccco2)n[nH]1. The number of H-pyrrole nitrogens is 1. The van der Waals surface area contributed by atoms with E-state index in [1.165, 1.54) is 6.08 Å². The van der Waals surface area contributed by atoms with Crippen molar-refractivity contribution in [3.63, 3.8) is 0 Å². The van der Waals surface area contributed by atoms with Crippen LogP contribution in [0.1, 0.15) is 11.6 Å². The first-order valence-corrected chi connectivity index (χ1v) is 6.76. The standard InChI is InChI=1S/C15H14N4O3/c20-14(6-5-11-3-1-9-21-11)16-8-7-13-17-15(19-18-13)12-4-2-10-22-12/h1-6,9-10H,7-8H2,(H,16,20)(H,17,18,19)/b6-5-. The van der Waals surface area contributed by atoms with Gasteiger partial charge in [-0.05, 0) is 30.3 Å². The molecule has 7 nitrogen and oxygen atoms in total. The van der Waals surface area contributed by atoms with Gasteiger partial charge in [0.1, 0.15) is 11.6 Å². The van der Waals surface area contributed by atoms with Crippen LogP contribution in [0, 0.1) is 0 Å². The van der Waals surface area contributed by atoms with Gasteiger partial charge in [-0.25, -0.2) is 4.98 Å². The van der Waals surface area contributed by atoms with Gasteiger partial charge in [-0.15, -0.1) is 0 Å². The molecule has 0 radical (unpaired) electrons. The maximum absolute atomic E-state index is 11.6. The monoisotopic (exact) mass is 298 g/mol. The Morgan fingerprint density at radius 2 is 2.14 bits per heavy atom. The molecule has 0 saturated heterocycles. The van der Waals surface area contributed by atoms with Gasteiger partial charge < -0.3 is 14.2 Å². The normalized spacial score (nSPS) is 11.1. The number of hydrogen-bond acceptors (Lipinski definition) is 5. The van der Waals surface area contributed by atoms with E-state index in [-0.39, 0.29) is 5.91 Å². The van der Waals surface area contributed by atoms with Crippen LogP contribution in [0.5, 0.6) is 0 Å². The van der Waals surface area contributed by atoms with Crippen molar-refractivity contribution >= 4 is 12.0 Å². The van der Waals surface area contributed by atoms with Gasteiger partial charge in [0.15, 0.2) is 5.76 Å². The maximum atomic E-state index is 11.6. The molecular formula is C15H14N4O3. The lowest BCUT2D eigenvalue weighted by molar-refractivity contribution is -0.116. The number of nitrogens with zero attached hydrogens (tertiary/aromatic N) is 2. The number of carbonyl (C=O) groups excluding carboxylic acids is 1. The lowest BCUT2D eigenvalue weighted by atomic mass is 10.3. The van der Waals surface area contributed by atoms with E-state index in [9.17, 15) is 4.79 Å². The molecule has 0 spiro atoms. The van der Waals surface area contributed by atoms with Crippen LogP contribution in [0.15, 0.2) is 51.7 Å². The molecule has 0 atom stereocenters. The van der Waals surface area contributed by atoms with Crippen LogP contribution in [0.2, 0.25) is 0 Å². The highest BCUT2D eigenvalue weighted by atomic mass is 16.3. The summed E-state index contributed by atoms with van der Waals surface area (Å²) in [5, 5.41) is 9.63. The zero-order valence-corrected chi connectivity index (χ0v) is 11.7. The van der Waals surface area contributed by atoms with E-state index >= 15 is 0 Å². The molecule has 0 saturated carbocycles. The molecule has 2 N–H and O–H groups in total. The average molecular weight is 298 g/mol. The highest BCUT2D eigenvalue weighted by molar-refractivity contribution is 5.91. The number of hydrogen-bond donors (Lipinski definition) is 2. The summed E-state index contributed by atoms with van der Waals surface area (Å²) in [4.78, 5) is 15.9. The molecule has 3 heterocycles. The molecule has 1 amide bonds. The van der Waals surface area contributed by atoms with E-state index in [1.807, 2.05) is 0 Å². The van der Waals surface area contributed by atoms with Crippen LogP contribution in [0.4, 0.5) is 0 Å². The highest BCUT2D eigenvalue weighted by Gasteiger charge is 2.08.